The molecule has 0 spiro atoms. The van der Waals surface area contributed by atoms with Gasteiger partial charge in [-0.15, -0.1) is 5.10 Å². The Bertz CT molecular complexity index is 799. The van der Waals surface area contributed by atoms with Crippen molar-refractivity contribution in [3.05, 3.63) is 30.6 Å². The van der Waals surface area contributed by atoms with E-state index in [9.17, 15) is 13.2 Å². The molecule has 11 heteroatoms. The Morgan fingerprint density at radius 3 is 2.52 bits per heavy atom. The average molecular weight is 365 g/mol. The van der Waals surface area contributed by atoms with E-state index in [0.717, 1.165) is 18.5 Å². The molecule has 2 aromatic rings. The Morgan fingerprint density at radius 2 is 1.88 bits per heavy atom. The van der Waals surface area contributed by atoms with Crippen LogP contribution in [0.4, 0.5) is 10.5 Å². The van der Waals surface area contributed by atoms with Crippen molar-refractivity contribution >= 4 is 21.7 Å². The zero-order valence-electron chi connectivity index (χ0n) is 13.5. The highest BCUT2D eigenvalue weighted by molar-refractivity contribution is 7.89. The van der Waals surface area contributed by atoms with Gasteiger partial charge in [-0.05, 0) is 47.5 Å². The van der Waals surface area contributed by atoms with E-state index in [-0.39, 0.29) is 12.3 Å². The third-order valence-corrected chi connectivity index (χ3v) is 5.71. The summed E-state index contributed by atoms with van der Waals surface area (Å²) in [5, 5.41) is 16.1. The van der Waals surface area contributed by atoms with Crippen LogP contribution in [0, 0.1) is 0 Å². The lowest BCUT2D eigenvalue weighted by Crippen LogP contribution is -2.37. The molecular weight excluding hydrogens is 346 g/mol. The van der Waals surface area contributed by atoms with Crippen molar-refractivity contribution in [3.63, 3.8) is 0 Å². The summed E-state index contributed by atoms with van der Waals surface area (Å²) < 4.78 is 27.1. The lowest BCUT2D eigenvalue weighted by molar-refractivity contribution is 0.252. The topological polar surface area (TPSA) is 122 Å². The van der Waals surface area contributed by atoms with Crippen LogP contribution in [0.2, 0.25) is 0 Å². The van der Waals surface area contributed by atoms with Crippen molar-refractivity contribution < 1.29 is 13.2 Å². The van der Waals surface area contributed by atoms with Crippen molar-refractivity contribution in [2.45, 2.75) is 12.8 Å². The standard InChI is InChI=1S/C14H19N7O3S/c22-14(15-7-10-25(23,24)20-8-1-2-9-20)17-12-3-5-13(6-4-12)21-11-16-18-19-21/h3-6,11H,1-2,7-10H2,(H2,15,17,22). The minimum atomic E-state index is -3.29. The van der Waals surface area contributed by atoms with Gasteiger partial charge in [0.2, 0.25) is 10.0 Å². The number of sulfonamides is 1. The molecule has 0 saturated carbocycles. The van der Waals surface area contributed by atoms with Gasteiger partial charge in [0.1, 0.15) is 6.33 Å². The summed E-state index contributed by atoms with van der Waals surface area (Å²) in [5.74, 6) is -0.0986. The van der Waals surface area contributed by atoms with Gasteiger partial charge in [0.25, 0.3) is 0 Å². The maximum Gasteiger partial charge on any atom is 0.319 e. The molecule has 1 aliphatic heterocycles. The van der Waals surface area contributed by atoms with Crippen LogP contribution in [-0.2, 0) is 10.0 Å². The maximum atomic E-state index is 12.1. The summed E-state index contributed by atoms with van der Waals surface area (Å²) in [7, 11) is -3.29. The first-order valence-electron chi connectivity index (χ1n) is 7.91. The largest absolute Gasteiger partial charge is 0.337 e. The van der Waals surface area contributed by atoms with E-state index in [2.05, 4.69) is 26.2 Å². The minimum Gasteiger partial charge on any atom is -0.337 e. The number of tetrazole rings is 1. The molecule has 2 heterocycles. The summed E-state index contributed by atoms with van der Waals surface area (Å²) in [6.45, 7) is 1.21. The molecule has 2 N–H and O–H groups in total. The summed E-state index contributed by atoms with van der Waals surface area (Å²) in [6, 6.07) is 6.47. The highest BCUT2D eigenvalue weighted by atomic mass is 32.2. The summed E-state index contributed by atoms with van der Waals surface area (Å²) >= 11 is 0. The Balaban J connectivity index is 1.46. The molecular formula is C14H19N7O3S. The third-order valence-electron chi connectivity index (χ3n) is 3.84. The van der Waals surface area contributed by atoms with Crippen molar-refractivity contribution in [1.29, 1.82) is 0 Å². The highest BCUT2D eigenvalue weighted by Gasteiger charge is 2.24. The van der Waals surface area contributed by atoms with Gasteiger partial charge in [0, 0.05) is 25.3 Å². The van der Waals surface area contributed by atoms with Crippen LogP contribution in [0.5, 0.6) is 0 Å². The van der Waals surface area contributed by atoms with E-state index >= 15 is 0 Å². The lowest BCUT2D eigenvalue weighted by Gasteiger charge is -2.15. The van der Waals surface area contributed by atoms with Crippen LogP contribution < -0.4 is 10.6 Å². The molecule has 2 amide bonds. The predicted molar refractivity (Wildman–Crippen MR) is 90.8 cm³/mol. The van der Waals surface area contributed by atoms with E-state index in [1.807, 2.05) is 0 Å². The molecule has 25 heavy (non-hydrogen) atoms. The second kappa shape index (κ2) is 7.57. The van der Waals surface area contributed by atoms with Crippen LogP contribution in [0.15, 0.2) is 30.6 Å². The third kappa shape index (κ3) is 4.51. The number of carbonyl (C=O) groups is 1. The molecule has 0 unspecified atom stereocenters. The van der Waals surface area contributed by atoms with Gasteiger partial charge in [-0.25, -0.2) is 22.2 Å². The fourth-order valence-electron chi connectivity index (χ4n) is 2.54. The number of urea groups is 1. The quantitative estimate of drug-likeness (QED) is 0.754. The number of hydrogen-bond acceptors (Lipinski definition) is 6. The van der Waals surface area contributed by atoms with Crippen molar-refractivity contribution in [3.8, 4) is 5.69 Å². The number of nitrogens with one attached hydrogen (secondary N) is 2. The second-order valence-electron chi connectivity index (χ2n) is 5.60. The van der Waals surface area contributed by atoms with Crippen LogP contribution in [0.1, 0.15) is 12.8 Å². The number of anilines is 1. The molecule has 1 fully saturated rings. The lowest BCUT2D eigenvalue weighted by atomic mass is 10.3. The van der Waals surface area contributed by atoms with E-state index in [1.54, 1.807) is 24.3 Å². The summed E-state index contributed by atoms with van der Waals surface area (Å²) in [4.78, 5) is 11.9. The summed E-state index contributed by atoms with van der Waals surface area (Å²) in [6.07, 6.45) is 3.26. The van der Waals surface area contributed by atoms with Crippen LogP contribution in [0.25, 0.3) is 5.69 Å². The fraction of sp³-hybridized carbons (Fsp3) is 0.429. The molecule has 0 radical (unpaired) electrons. The smallest absolute Gasteiger partial charge is 0.319 e. The monoisotopic (exact) mass is 365 g/mol. The Hall–Kier alpha value is -2.53. The zero-order chi connectivity index (χ0) is 17.7. The van der Waals surface area contributed by atoms with E-state index < -0.39 is 16.1 Å². The molecule has 1 aromatic carbocycles. The van der Waals surface area contributed by atoms with Crippen LogP contribution in [0.3, 0.4) is 0 Å². The van der Waals surface area contributed by atoms with Gasteiger partial charge >= 0.3 is 6.03 Å². The highest BCUT2D eigenvalue weighted by Crippen LogP contribution is 2.13. The van der Waals surface area contributed by atoms with Crippen LogP contribution >= 0.6 is 0 Å². The predicted octanol–water partition coefficient (Wildman–Crippen LogP) is 0.209. The van der Waals surface area contributed by atoms with Gasteiger partial charge in [0.05, 0.1) is 11.4 Å². The Kier molecular flexibility index (Phi) is 5.24. The number of benzene rings is 1. The van der Waals surface area contributed by atoms with Gasteiger partial charge in [0.15, 0.2) is 0 Å². The molecule has 10 nitrogen and oxygen atoms in total. The zero-order valence-corrected chi connectivity index (χ0v) is 14.3. The van der Waals surface area contributed by atoms with Crippen molar-refractivity contribution in [1.82, 2.24) is 29.8 Å². The molecule has 134 valence electrons. The van der Waals surface area contributed by atoms with E-state index in [4.69, 9.17) is 0 Å². The Morgan fingerprint density at radius 1 is 1.16 bits per heavy atom. The molecule has 0 atom stereocenters. The number of carbonyl (C=O) groups excluding carboxylic acids is 1. The minimum absolute atomic E-state index is 0.0629. The number of rotatable bonds is 6. The Labute approximate surface area is 145 Å². The normalized spacial score (nSPS) is 15.2. The average Bonchev–Trinajstić information content (AvgIpc) is 3.29. The van der Waals surface area contributed by atoms with E-state index in [0.29, 0.717) is 18.8 Å². The number of amides is 2. The molecule has 1 aliphatic rings. The van der Waals surface area contributed by atoms with Gasteiger partial charge in [-0.3, -0.25) is 0 Å². The molecule has 1 aromatic heterocycles. The molecule has 1 saturated heterocycles. The van der Waals surface area contributed by atoms with Crippen molar-refractivity contribution in [2.75, 3.05) is 30.7 Å². The van der Waals surface area contributed by atoms with Crippen LogP contribution in [-0.4, -0.2) is 64.3 Å². The number of nitrogens with zero attached hydrogens (tertiary/aromatic N) is 5. The van der Waals surface area contributed by atoms with Gasteiger partial charge in [-0.2, -0.15) is 0 Å². The first kappa shape index (κ1) is 17.3. The second-order valence-corrected chi connectivity index (χ2v) is 7.69. The maximum absolute atomic E-state index is 12.1. The first-order chi connectivity index (χ1) is 12.0. The van der Waals surface area contributed by atoms with Crippen molar-refractivity contribution in [2.24, 2.45) is 0 Å². The SMILES string of the molecule is O=C(NCCS(=O)(=O)N1CCCC1)Nc1ccc(-n2cnnn2)cc1. The molecule has 3 rings (SSSR count). The van der Waals surface area contributed by atoms with E-state index in [1.165, 1.54) is 15.3 Å². The van der Waals surface area contributed by atoms with Gasteiger partial charge < -0.3 is 10.6 Å². The number of aromatic nitrogens is 4. The first-order valence-corrected chi connectivity index (χ1v) is 9.52. The molecule has 0 aliphatic carbocycles. The van der Waals surface area contributed by atoms with Gasteiger partial charge in [-0.1, -0.05) is 0 Å². The fourth-order valence-corrected chi connectivity index (χ4v) is 3.97. The summed E-state index contributed by atoms with van der Waals surface area (Å²) in [5.41, 5.74) is 1.34. The molecule has 0 bridgehead atoms. The number of hydrogen-bond donors (Lipinski definition) is 2.